The van der Waals surface area contributed by atoms with Gasteiger partial charge in [-0.05, 0) is 66.9 Å². The molecule has 3 aromatic rings. The van der Waals surface area contributed by atoms with Crippen molar-refractivity contribution in [1.29, 1.82) is 0 Å². The summed E-state index contributed by atoms with van der Waals surface area (Å²) < 4.78 is 11.3. The summed E-state index contributed by atoms with van der Waals surface area (Å²) in [5, 5.41) is 3.53. The Kier molecular flexibility index (Phi) is 7.14. The molecule has 0 spiro atoms. The van der Waals surface area contributed by atoms with Crippen LogP contribution in [0.5, 0.6) is 11.5 Å². The Morgan fingerprint density at radius 1 is 0.897 bits per heavy atom. The fourth-order valence-corrected chi connectivity index (χ4v) is 3.01. The molecule has 150 valence electrons. The zero-order valence-electron chi connectivity index (χ0n) is 16.6. The van der Waals surface area contributed by atoms with Crippen LogP contribution in [0, 0.1) is 13.8 Å². The second-order valence-electron chi connectivity index (χ2n) is 6.82. The fourth-order valence-electron chi connectivity index (χ4n) is 2.90. The maximum Gasteiger partial charge on any atom is 0.262 e. The van der Waals surface area contributed by atoms with Crippen molar-refractivity contribution in [1.82, 2.24) is 0 Å². The number of carbonyl (C=O) groups is 1. The van der Waals surface area contributed by atoms with E-state index in [-0.39, 0.29) is 12.5 Å². The van der Waals surface area contributed by atoms with Gasteiger partial charge >= 0.3 is 0 Å². The predicted octanol–water partition coefficient (Wildman–Crippen LogP) is 5.60. The molecule has 0 bridgehead atoms. The van der Waals surface area contributed by atoms with Gasteiger partial charge in [0.15, 0.2) is 6.61 Å². The SMILES string of the molecule is Cc1cc(OCC(=O)Nc2ccc(OCCc3ccccc3)cc2)cc(C)c1Cl. The van der Waals surface area contributed by atoms with Crippen LogP contribution in [-0.2, 0) is 11.2 Å². The molecule has 1 amide bonds. The third kappa shape index (κ3) is 6.26. The van der Waals surface area contributed by atoms with Crippen LogP contribution < -0.4 is 14.8 Å². The van der Waals surface area contributed by atoms with Gasteiger partial charge in [-0.1, -0.05) is 41.9 Å². The number of ether oxygens (including phenoxy) is 2. The molecule has 0 aliphatic rings. The summed E-state index contributed by atoms with van der Waals surface area (Å²) >= 11 is 6.15. The van der Waals surface area contributed by atoms with Crippen molar-refractivity contribution in [2.45, 2.75) is 20.3 Å². The van der Waals surface area contributed by atoms with E-state index in [4.69, 9.17) is 21.1 Å². The minimum absolute atomic E-state index is 0.0736. The summed E-state index contributed by atoms with van der Waals surface area (Å²) in [6.07, 6.45) is 0.848. The summed E-state index contributed by atoms with van der Waals surface area (Å²) in [5.41, 5.74) is 3.77. The molecule has 0 saturated heterocycles. The Bertz CT molecular complexity index is 933. The van der Waals surface area contributed by atoms with Gasteiger partial charge in [-0.3, -0.25) is 4.79 Å². The molecule has 0 saturated carbocycles. The highest BCUT2D eigenvalue weighted by Gasteiger charge is 2.07. The molecule has 0 aliphatic heterocycles. The molecular weight excluding hydrogens is 386 g/mol. The van der Waals surface area contributed by atoms with Crippen LogP contribution in [0.4, 0.5) is 5.69 Å². The molecule has 0 aromatic heterocycles. The molecule has 3 aromatic carbocycles. The topological polar surface area (TPSA) is 47.6 Å². The first kappa shape index (κ1) is 20.7. The maximum absolute atomic E-state index is 12.1. The van der Waals surface area contributed by atoms with E-state index in [9.17, 15) is 4.79 Å². The van der Waals surface area contributed by atoms with Gasteiger partial charge in [-0.15, -0.1) is 0 Å². The number of hydrogen-bond acceptors (Lipinski definition) is 3. The Morgan fingerprint density at radius 2 is 1.55 bits per heavy atom. The molecule has 0 radical (unpaired) electrons. The molecular formula is C24H24ClNO3. The van der Waals surface area contributed by atoms with Crippen LogP contribution in [0.3, 0.4) is 0 Å². The first-order valence-corrected chi connectivity index (χ1v) is 9.85. The average molecular weight is 410 g/mol. The van der Waals surface area contributed by atoms with Gasteiger partial charge in [0.2, 0.25) is 0 Å². The average Bonchev–Trinajstić information content (AvgIpc) is 2.72. The molecule has 5 heteroatoms. The van der Waals surface area contributed by atoms with Gasteiger partial charge in [0.1, 0.15) is 11.5 Å². The first-order valence-electron chi connectivity index (χ1n) is 9.47. The Balaban J connectivity index is 1.44. The van der Waals surface area contributed by atoms with E-state index in [1.54, 1.807) is 0 Å². The van der Waals surface area contributed by atoms with Gasteiger partial charge < -0.3 is 14.8 Å². The molecule has 0 aliphatic carbocycles. The Morgan fingerprint density at radius 3 is 2.21 bits per heavy atom. The van der Waals surface area contributed by atoms with Crippen LogP contribution in [0.1, 0.15) is 16.7 Å². The fraction of sp³-hybridized carbons (Fsp3) is 0.208. The number of halogens is 1. The number of benzene rings is 3. The van der Waals surface area contributed by atoms with Crippen molar-refractivity contribution in [3.8, 4) is 11.5 Å². The zero-order valence-corrected chi connectivity index (χ0v) is 17.3. The highest BCUT2D eigenvalue weighted by molar-refractivity contribution is 6.32. The third-order valence-corrected chi connectivity index (χ3v) is 5.02. The van der Waals surface area contributed by atoms with Crippen molar-refractivity contribution < 1.29 is 14.3 Å². The lowest BCUT2D eigenvalue weighted by atomic mass is 10.1. The lowest BCUT2D eigenvalue weighted by molar-refractivity contribution is -0.118. The highest BCUT2D eigenvalue weighted by Crippen LogP contribution is 2.25. The smallest absolute Gasteiger partial charge is 0.262 e. The van der Waals surface area contributed by atoms with E-state index in [0.29, 0.717) is 23.1 Å². The highest BCUT2D eigenvalue weighted by atomic mass is 35.5. The summed E-state index contributed by atoms with van der Waals surface area (Å²) in [6.45, 7) is 4.34. The molecule has 0 heterocycles. The van der Waals surface area contributed by atoms with E-state index in [2.05, 4.69) is 17.4 Å². The lowest BCUT2D eigenvalue weighted by Crippen LogP contribution is -2.20. The Labute approximate surface area is 176 Å². The maximum atomic E-state index is 12.1. The number of nitrogens with one attached hydrogen (secondary N) is 1. The van der Waals surface area contributed by atoms with Gasteiger partial charge in [-0.25, -0.2) is 0 Å². The number of amides is 1. The quantitative estimate of drug-likeness (QED) is 0.527. The van der Waals surface area contributed by atoms with E-state index in [1.807, 2.05) is 68.4 Å². The molecule has 0 fully saturated rings. The second-order valence-corrected chi connectivity index (χ2v) is 7.19. The Hall–Kier alpha value is -2.98. The van der Waals surface area contributed by atoms with Gasteiger partial charge in [0.25, 0.3) is 5.91 Å². The van der Waals surface area contributed by atoms with Crippen molar-refractivity contribution in [2.24, 2.45) is 0 Å². The molecule has 0 unspecified atom stereocenters. The summed E-state index contributed by atoms with van der Waals surface area (Å²) in [6, 6.07) is 21.2. The minimum Gasteiger partial charge on any atom is -0.493 e. The van der Waals surface area contributed by atoms with Crippen molar-refractivity contribution >= 4 is 23.2 Å². The summed E-state index contributed by atoms with van der Waals surface area (Å²) in [7, 11) is 0. The van der Waals surface area contributed by atoms with Crippen LogP contribution in [0.25, 0.3) is 0 Å². The zero-order chi connectivity index (χ0) is 20.6. The molecule has 4 nitrogen and oxygen atoms in total. The van der Waals surface area contributed by atoms with Gasteiger partial charge in [0.05, 0.1) is 6.61 Å². The number of anilines is 1. The van der Waals surface area contributed by atoms with Gasteiger partial charge in [-0.2, -0.15) is 0 Å². The van der Waals surface area contributed by atoms with E-state index >= 15 is 0 Å². The van der Waals surface area contributed by atoms with Crippen molar-refractivity contribution in [2.75, 3.05) is 18.5 Å². The van der Waals surface area contributed by atoms with Crippen molar-refractivity contribution in [3.05, 3.63) is 88.4 Å². The van der Waals surface area contributed by atoms with E-state index in [0.717, 1.165) is 23.3 Å². The summed E-state index contributed by atoms with van der Waals surface area (Å²) in [5.74, 6) is 1.16. The second kappa shape index (κ2) is 9.99. The number of hydrogen-bond donors (Lipinski definition) is 1. The van der Waals surface area contributed by atoms with Crippen molar-refractivity contribution in [3.63, 3.8) is 0 Å². The van der Waals surface area contributed by atoms with E-state index in [1.165, 1.54) is 5.56 Å². The largest absolute Gasteiger partial charge is 0.493 e. The number of rotatable bonds is 8. The summed E-state index contributed by atoms with van der Waals surface area (Å²) in [4.78, 5) is 12.1. The lowest BCUT2D eigenvalue weighted by Gasteiger charge is -2.11. The minimum atomic E-state index is -0.229. The molecule has 0 atom stereocenters. The van der Waals surface area contributed by atoms with Crippen LogP contribution in [-0.4, -0.2) is 19.1 Å². The van der Waals surface area contributed by atoms with Crippen LogP contribution >= 0.6 is 11.6 Å². The standard InChI is InChI=1S/C24H24ClNO3/c1-17-14-22(15-18(2)24(17)25)29-16-23(27)26-20-8-10-21(11-9-20)28-13-12-19-6-4-3-5-7-19/h3-11,14-15H,12-13,16H2,1-2H3,(H,26,27). The monoisotopic (exact) mass is 409 g/mol. The van der Waals surface area contributed by atoms with Gasteiger partial charge in [0, 0.05) is 17.1 Å². The third-order valence-electron chi connectivity index (χ3n) is 4.42. The number of aryl methyl sites for hydroxylation is 2. The van der Waals surface area contributed by atoms with Crippen LogP contribution in [0.15, 0.2) is 66.7 Å². The van der Waals surface area contributed by atoms with Crippen LogP contribution in [0.2, 0.25) is 5.02 Å². The normalized spacial score (nSPS) is 10.4. The molecule has 1 N–H and O–H groups in total. The van der Waals surface area contributed by atoms with E-state index < -0.39 is 0 Å². The predicted molar refractivity (Wildman–Crippen MR) is 117 cm³/mol. The number of carbonyl (C=O) groups excluding carboxylic acids is 1. The first-order chi connectivity index (χ1) is 14.0. The molecule has 29 heavy (non-hydrogen) atoms. The molecule has 3 rings (SSSR count).